The average molecular weight is 410 g/mol. The summed E-state index contributed by atoms with van der Waals surface area (Å²) < 4.78 is 1.94. The second-order valence-electron chi connectivity index (χ2n) is 6.70. The van der Waals surface area contributed by atoms with Crippen LogP contribution in [0.1, 0.15) is 24.2 Å². The van der Waals surface area contributed by atoms with E-state index in [1.54, 1.807) is 42.2 Å². The van der Waals surface area contributed by atoms with Gasteiger partial charge in [0.2, 0.25) is 0 Å². The number of hydrogen-bond donors (Lipinski definition) is 3. The zero-order valence-electron chi connectivity index (χ0n) is 16.5. The summed E-state index contributed by atoms with van der Waals surface area (Å²) in [5.41, 5.74) is 1.50. The highest BCUT2D eigenvalue weighted by Crippen LogP contribution is 2.27. The van der Waals surface area contributed by atoms with Crippen molar-refractivity contribution in [3.63, 3.8) is 0 Å². The first-order chi connectivity index (χ1) is 13.9. The fourth-order valence-electron chi connectivity index (χ4n) is 2.57. The van der Waals surface area contributed by atoms with Gasteiger partial charge in [-0.05, 0) is 50.2 Å². The number of imidazole rings is 1. The molecule has 29 heavy (non-hydrogen) atoms. The van der Waals surface area contributed by atoms with Crippen LogP contribution >= 0.6 is 11.8 Å². The average Bonchev–Trinajstić information content (AvgIpc) is 3.07. The molecule has 0 bridgehead atoms. The number of amides is 3. The molecule has 0 saturated carbocycles. The van der Waals surface area contributed by atoms with Crippen LogP contribution in [-0.2, 0) is 7.05 Å². The van der Waals surface area contributed by atoms with Crippen LogP contribution in [0.5, 0.6) is 0 Å². The van der Waals surface area contributed by atoms with Gasteiger partial charge in [-0.3, -0.25) is 4.79 Å². The van der Waals surface area contributed by atoms with Crippen molar-refractivity contribution in [3.8, 4) is 0 Å². The van der Waals surface area contributed by atoms with E-state index < -0.39 is 0 Å². The Hall–Kier alpha value is -3.26. The van der Waals surface area contributed by atoms with Crippen LogP contribution in [0.4, 0.5) is 16.2 Å². The van der Waals surface area contributed by atoms with Gasteiger partial charge < -0.3 is 20.5 Å². The van der Waals surface area contributed by atoms with Crippen molar-refractivity contribution in [1.29, 1.82) is 0 Å². The Kier molecular flexibility index (Phi) is 6.56. The third-order valence-corrected chi connectivity index (χ3v) is 5.02. The third-order valence-electron chi connectivity index (χ3n) is 3.94. The standard InChI is InChI=1S/C21H23N5O2S/c1-14(2)23-20(28)25-18-7-5-4-6-17(18)19(27)24-15-8-10-16(11-9-15)29-21-22-12-13-26(21)3/h4-14H,1-3H3,(H,24,27)(H2,23,25,28). The second-order valence-corrected chi connectivity index (χ2v) is 7.74. The predicted molar refractivity (Wildman–Crippen MR) is 115 cm³/mol. The van der Waals surface area contributed by atoms with Crippen LogP contribution in [0.25, 0.3) is 0 Å². The van der Waals surface area contributed by atoms with Gasteiger partial charge in [0.25, 0.3) is 5.91 Å². The first-order valence-electron chi connectivity index (χ1n) is 9.15. The molecule has 0 atom stereocenters. The molecule has 150 valence electrons. The number of nitrogens with one attached hydrogen (secondary N) is 3. The Morgan fingerprint density at radius 3 is 2.41 bits per heavy atom. The number of nitrogens with zero attached hydrogens (tertiary/aromatic N) is 2. The first-order valence-corrected chi connectivity index (χ1v) is 9.97. The van der Waals surface area contributed by atoms with E-state index in [1.165, 1.54) is 0 Å². The zero-order chi connectivity index (χ0) is 20.8. The molecule has 0 fully saturated rings. The fourth-order valence-corrected chi connectivity index (χ4v) is 3.37. The molecule has 0 saturated heterocycles. The number of benzene rings is 2. The molecule has 3 N–H and O–H groups in total. The Morgan fingerprint density at radius 1 is 1.03 bits per heavy atom. The molecule has 0 unspecified atom stereocenters. The SMILES string of the molecule is CC(C)NC(=O)Nc1ccccc1C(=O)Nc1ccc(Sc2nccn2C)cc1. The Balaban J connectivity index is 1.67. The summed E-state index contributed by atoms with van der Waals surface area (Å²) in [5, 5.41) is 9.23. The molecule has 0 spiro atoms. The van der Waals surface area contributed by atoms with Crippen molar-refractivity contribution in [2.24, 2.45) is 7.05 Å². The number of aryl methyl sites for hydroxylation is 1. The van der Waals surface area contributed by atoms with E-state index in [1.807, 2.05) is 55.9 Å². The fraction of sp³-hybridized carbons (Fsp3) is 0.190. The van der Waals surface area contributed by atoms with Gasteiger partial charge in [-0.2, -0.15) is 0 Å². The van der Waals surface area contributed by atoms with Crippen LogP contribution < -0.4 is 16.0 Å². The van der Waals surface area contributed by atoms with Crippen LogP contribution in [0.2, 0.25) is 0 Å². The summed E-state index contributed by atoms with van der Waals surface area (Å²) in [6.45, 7) is 3.74. The van der Waals surface area contributed by atoms with Gasteiger partial charge in [0.1, 0.15) is 0 Å². The Labute approximate surface area is 173 Å². The normalized spacial score (nSPS) is 10.6. The van der Waals surface area contributed by atoms with Crippen molar-refractivity contribution in [3.05, 3.63) is 66.5 Å². The number of urea groups is 1. The number of hydrogen-bond acceptors (Lipinski definition) is 4. The van der Waals surface area contributed by atoms with Gasteiger partial charge in [-0.1, -0.05) is 23.9 Å². The van der Waals surface area contributed by atoms with Gasteiger partial charge in [0.15, 0.2) is 5.16 Å². The molecular weight excluding hydrogens is 386 g/mol. The summed E-state index contributed by atoms with van der Waals surface area (Å²) in [6.07, 6.45) is 3.65. The number of rotatable bonds is 6. The van der Waals surface area contributed by atoms with Gasteiger partial charge in [0, 0.05) is 36.1 Å². The maximum atomic E-state index is 12.7. The van der Waals surface area contributed by atoms with Crippen molar-refractivity contribution in [1.82, 2.24) is 14.9 Å². The third kappa shape index (κ3) is 5.61. The van der Waals surface area contributed by atoms with Gasteiger partial charge in [-0.15, -0.1) is 0 Å². The lowest BCUT2D eigenvalue weighted by molar-refractivity contribution is 0.102. The molecule has 0 radical (unpaired) electrons. The molecule has 1 aromatic heterocycles. The Bertz CT molecular complexity index is 998. The molecule has 0 aliphatic heterocycles. The molecule has 3 aromatic rings. The molecule has 3 amide bonds. The maximum Gasteiger partial charge on any atom is 0.319 e. The topological polar surface area (TPSA) is 88.1 Å². The maximum absolute atomic E-state index is 12.7. The number of para-hydroxylation sites is 1. The van der Waals surface area contributed by atoms with E-state index in [0.717, 1.165) is 10.1 Å². The summed E-state index contributed by atoms with van der Waals surface area (Å²) in [4.78, 5) is 30.0. The summed E-state index contributed by atoms with van der Waals surface area (Å²) in [6, 6.07) is 14.1. The van der Waals surface area contributed by atoms with E-state index in [-0.39, 0.29) is 18.0 Å². The van der Waals surface area contributed by atoms with Gasteiger partial charge >= 0.3 is 6.03 Å². The summed E-state index contributed by atoms with van der Waals surface area (Å²) in [7, 11) is 1.94. The van der Waals surface area contributed by atoms with Crippen LogP contribution in [0, 0.1) is 0 Å². The molecule has 1 heterocycles. The minimum Gasteiger partial charge on any atom is -0.336 e. The van der Waals surface area contributed by atoms with Crippen LogP contribution in [0.3, 0.4) is 0 Å². The zero-order valence-corrected chi connectivity index (χ0v) is 17.3. The molecule has 2 aromatic carbocycles. The minimum absolute atomic E-state index is 0.00172. The molecule has 0 aliphatic carbocycles. The largest absolute Gasteiger partial charge is 0.336 e. The van der Waals surface area contributed by atoms with Crippen molar-refractivity contribution in [2.45, 2.75) is 29.9 Å². The van der Waals surface area contributed by atoms with Crippen molar-refractivity contribution < 1.29 is 9.59 Å². The lowest BCUT2D eigenvalue weighted by Gasteiger charge is -2.13. The van der Waals surface area contributed by atoms with E-state index in [2.05, 4.69) is 20.9 Å². The molecule has 3 rings (SSSR count). The predicted octanol–water partition coefficient (Wildman–Crippen LogP) is 4.35. The number of carbonyl (C=O) groups is 2. The smallest absolute Gasteiger partial charge is 0.319 e. The van der Waals surface area contributed by atoms with Gasteiger partial charge in [-0.25, -0.2) is 9.78 Å². The summed E-state index contributed by atoms with van der Waals surface area (Å²) >= 11 is 1.54. The van der Waals surface area contributed by atoms with E-state index >= 15 is 0 Å². The second kappa shape index (κ2) is 9.29. The minimum atomic E-state index is -0.351. The van der Waals surface area contributed by atoms with E-state index in [9.17, 15) is 9.59 Å². The quantitative estimate of drug-likeness (QED) is 0.565. The Morgan fingerprint density at radius 2 is 1.76 bits per heavy atom. The molecule has 0 aliphatic rings. The molecule has 8 heteroatoms. The number of aromatic nitrogens is 2. The summed E-state index contributed by atoms with van der Waals surface area (Å²) in [5.74, 6) is -0.296. The molecule has 7 nitrogen and oxygen atoms in total. The monoisotopic (exact) mass is 409 g/mol. The van der Waals surface area contributed by atoms with E-state index in [4.69, 9.17) is 0 Å². The van der Waals surface area contributed by atoms with Crippen molar-refractivity contribution in [2.75, 3.05) is 10.6 Å². The van der Waals surface area contributed by atoms with Crippen molar-refractivity contribution >= 4 is 35.1 Å². The van der Waals surface area contributed by atoms with Crippen LogP contribution in [0.15, 0.2) is 71.0 Å². The van der Waals surface area contributed by atoms with Gasteiger partial charge in [0.05, 0.1) is 11.3 Å². The number of carbonyl (C=O) groups excluding carboxylic acids is 2. The lowest BCUT2D eigenvalue weighted by Crippen LogP contribution is -2.34. The number of anilines is 2. The highest BCUT2D eigenvalue weighted by molar-refractivity contribution is 7.99. The van der Waals surface area contributed by atoms with Crippen LogP contribution in [-0.4, -0.2) is 27.5 Å². The van der Waals surface area contributed by atoms with E-state index in [0.29, 0.717) is 16.9 Å². The molecular formula is C21H23N5O2S. The highest BCUT2D eigenvalue weighted by Gasteiger charge is 2.14. The lowest BCUT2D eigenvalue weighted by atomic mass is 10.1. The first kappa shape index (κ1) is 20.5. The highest BCUT2D eigenvalue weighted by atomic mass is 32.2.